The molecule has 1 fully saturated rings. The average Bonchev–Trinajstić information content (AvgIpc) is 2.70. The standard InChI is InChI=1S/C13H23NO3/c1-2-3-9-17-10-8-14-12(15)11-13(16)6-4-5-7-13/h2,16H,1,3-11H2,(H,14,15). The van der Waals surface area contributed by atoms with Crippen LogP contribution in [-0.4, -0.2) is 36.4 Å². The lowest BCUT2D eigenvalue weighted by molar-refractivity contribution is -0.126. The van der Waals surface area contributed by atoms with Crippen molar-refractivity contribution in [2.45, 2.75) is 44.1 Å². The molecule has 0 atom stereocenters. The van der Waals surface area contributed by atoms with Gasteiger partial charge in [0.25, 0.3) is 0 Å². The third kappa shape index (κ3) is 5.84. The lowest BCUT2D eigenvalue weighted by Gasteiger charge is -2.21. The van der Waals surface area contributed by atoms with Crippen LogP contribution in [0.4, 0.5) is 0 Å². The Balaban J connectivity index is 2.03. The van der Waals surface area contributed by atoms with Crippen molar-refractivity contribution in [2.75, 3.05) is 19.8 Å². The molecule has 0 bridgehead atoms. The van der Waals surface area contributed by atoms with E-state index in [4.69, 9.17) is 4.74 Å². The number of hydrogen-bond donors (Lipinski definition) is 2. The van der Waals surface area contributed by atoms with Crippen molar-refractivity contribution in [3.8, 4) is 0 Å². The predicted molar refractivity (Wildman–Crippen MR) is 66.7 cm³/mol. The number of aliphatic hydroxyl groups is 1. The van der Waals surface area contributed by atoms with Crippen molar-refractivity contribution in [3.63, 3.8) is 0 Å². The summed E-state index contributed by atoms with van der Waals surface area (Å²) in [7, 11) is 0. The van der Waals surface area contributed by atoms with Crippen molar-refractivity contribution in [1.29, 1.82) is 0 Å². The second-order valence-corrected chi connectivity index (χ2v) is 4.65. The number of rotatable bonds is 8. The van der Waals surface area contributed by atoms with Crippen LogP contribution in [0, 0.1) is 0 Å². The van der Waals surface area contributed by atoms with Gasteiger partial charge in [0.15, 0.2) is 0 Å². The van der Waals surface area contributed by atoms with Gasteiger partial charge in [-0.3, -0.25) is 4.79 Å². The summed E-state index contributed by atoms with van der Waals surface area (Å²) >= 11 is 0. The molecule has 0 saturated heterocycles. The first kappa shape index (κ1) is 14.2. The zero-order chi connectivity index (χ0) is 12.6. The largest absolute Gasteiger partial charge is 0.389 e. The summed E-state index contributed by atoms with van der Waals surface area (Å²) in [6.45, 7) is 5.25. The molecule has 1 aliphatic rings. The monoisotopic (exact) mass is 241 g/mol. The number of ether oxygens (including phenoxy) is 1. The summed E-state index contributed by atoms with van der Waals surface area (Å²) in [5, 5.41) is 12.8. The van der Waals surface area contributed by atoms with Gasteiger partial charge in [-0.05, 0) is 19.3 Å². The van der Waals surface area contributed by atoms with E-state index in [1.807, 2.05) is 0 Å². The molecule has 1 rings (SSSR count). The summed E-state index contributed by atoms with van der Waals surface area (Å²) in [6, 6.07) is 0. The van der Waals surface area contributed by atoms with Crippen molar-refractivity contribution < 1.29 is 14.6 Å². The molecule has 0 aliphatic heterocycles. The average molecular weight is 241 g/mol. The lowest BCUT2D eigenvalue weighted by Crippen LogP contribution is -2.36. The Morgan fingerprint density at radius 1 is 1.41 bits per heavy atom. The van der Waals surface area contributed by atoms with Crippen LogP contribution in [0.3, 0.4) is 0 Å². The molecule has 17 heavy (non-hydrogen) atoms. The molecule has 0 heterocycles. The number of carbonyl (C=O) groups excluding carboxylic acids is 1. The highest BCUT2D eigenvalue weighted by molar-refractivity contribution is 5.77. The van der Waals surface area contributed by atoms with Gasteiger partial charge in [-0.2, -0.15) is 0 Å². The predicted octanol–water partition coefficient (Wildman–Crippen LogP) is 1.39. The van der Waals surface area contributed by atoms with Crippen molar-refractivity contribution in [2.24, 2.45) is 0 Å². The Morgan fingerprint density at radius 2 is 2.12 bits per heavy atom. The van der Waals surface area contributed by atoms with Gasteiger partial charge in [-0.15, -0.1) is 6.58 Å². The summed E-state index contributed by atoms with van der Waals surface area (Å²) in [6.07, 6.45) is 6.39. The van der Waals surface area contributed by atoms with Crippen LogP contribution in [0.15, 0.2) is 12.7 Å². The minimum absolute atomic E-state index is 0.0817. The first-order valence-corrected chi connectivity index (χ1v) is 6.34. The van der Waals surface area contributed by atoms with Crippen LogP contribution in [0.5, 0.6) is 0 Å². The third-order valence-electron chi connectivity index (χ3n) is 3.06. The Labute approximate surface area is 103 Å². The Bertz CT molecular complexity index is 247. The highest BCUT2D eigenvalue weighted by atomic mass is 16.5. The zero-order valence-electron chi connectivity index (χ0n) is 10.4. The number of nitrogens with one attached hydrogen (secondary N) is 1. The number of amides is 1. The van der Waals surface area contributed by atoms with Crippen LogP contribution >= 0.6 is 0 Å². The maximum absolute atomic E-state index is 11.6. The minimum Gasteiger partial charge on any atom is -0.389 e. The zero-order valence-corrected chi connectivity index (χ0v) is 10.4. The summed E-state index contributed by atoms with van der Waals surface area (Å²) in [5.41, 5.74) is -0.756. The van der Waals surface area contributed by atoms with Crippen LogP contribution < -0.4 is 5.32 Å². The molecular weight excluding hydrogens is 218 g/mol. The van der Waals surface area contributed by atoms with Gasteiger partial charge in [-0.25, -0.2) is 0 Å². The lowest BCUT2D eigenvalue weighted by atomic mass is 9.98. The maximum atomic E-state index is 11.6. The Kier molecular flexibility index (Phi) is 6.22. The summed E-state index contributed by atoms with van der Waals surface area (Å²) in [4.78, 5) is 11.6. The van der Waals surface area contributed by atoms with Gasteiger partial charge in [0.1, 0.15) is 0 Å². The van der Waals surface area contributed by atoms with Gasteiger partial charge in [-0.1, -0.05) is 18.9 Å². The highest BCUT2D eigenvalue weighted by Crippen LogP contribution is 2.31. The normalized spacial score (nSPS) is 17.9. The van der Waals surface area contributed by atoms with Crippen LogP contribution in [-0.2, 0) is 9.53 Å². The second kappa shape index (κ2) is 7.45. The van der Waals surface area contributed by atoms with Crippen molar-refractivity contribution >= 4 is 5.91 Å². The molecule has 98 valence electrons. The molecular formula is C13H23NO3. The summed E-state index contributed by atoms with van der Waals surface area (Å²) in [5.74, 6) is -0.0817. The number of carbonyl (C=O) groups is 1. The second-order valence-electron chi connectivity index (χ2n) is 4.65. The van der Waals surface area contributed by atoms with Crippen molar-refractivity contribution in [3.05, 3.63) is 12.7 Å². The van der Waals surface area contributed by atoms with Gasteiger partial charge in [0.05, 0.1) is 25.2 Å². The van der Waals surface area contributed by atoms with Crippen molar-refractivity contribution in [1.82, 2.24) is 5.32 Å². The molecule has 0 unspecified atom stereocenters. The SMILES string of the molecule is C=CCCOCCNC(=O)CC1(O)CCCC1. The Morgan fingerprint density at radius 3 is 2.76 bits per heavy atom. The molecule has 0 aromatic heterocycles. The van der Waals surface area contributed by atoms with Crippen LogP contribution in [0.2, 0.25) is 0 Å². The van der Waals surface area contributed by atoms with E-state index >= 15 is 0 Å². The molecule has 0 aromatic rings. The molecule has 0 radical (unpaired) electrons. The van der Waals surface area contributed by atoms with E-state index in [9.17, 15) is 9.90 Å². The molecule has 1 saturated carbocycles. The molecule has 1 aliphatic carbocycles. The smallest absolute Gasteiger partial charge is 0.222 e. The van der Waals surface area contributed by atoms with Gasteiger partial charge < -0.3 is 15.2 Å². The molecule has 2 N–H and O–H groups in total. The minimum atomic E-state index is -0.756. The topological polar surface area (TPSA) is 58.6 Å². The van der Waals surface area contributed by atoms with E-state index in [1.54, 1.807) is 6.08 Å². The van der Waals surface area contributed by atoms with E-state index in [0.717, 1.165) is 32.1 Å². The summed E-state index contributed by atoms with van der Waals surface area (Å²) < 4.78 is 5.27. The quantitative estimate of drug-likeness (QED) is 0.499. The van der Waals surface area contributed by atoms with E-state index < -0.39 is 5.60 Å². The van der Waals surface area contributed by atoms with E-state index in [2.05, 4.69) is 11.9 Å². The van der Waals surface area contributed by atoms with E-state index in [1.165, 1.54) is 0 Å². The highest BCUT2D eigenvalue weighted by Gasteiger charge is 2.33. The Hall–Kier alpha value is -0.870. The van der Waals surface area contributed by atoms with Gasteiger partial charge in [0, 0.05) is 6.54 Å². The molecule has 0 spiro atoms. The fraction of sp³-hybridized carbons (Fsp3) is 0.769. The molecule has 4 heteroatoms. The fourth-order valence-corrected chi connectivity index (χ4v) is 2.10. The molecule has 0 aromatic carbocycles. The first-order chi connectivity index (χ1) is 8.16. The van der Waals surface area contributed by atoms with Gasteiger partial charge in [0.2, 0.25) is 5.91 Å². The van der Waals surface area contributed by atoms with E-state index in [0.29, 0.717) is 19.8 Å². The molecule has 4 nitrogen and oxygen atoms in total. The van der Waals surface area contributed by atoms with Crippen LogP contribution in [0.25, 0.3) is 0 Å². The maximum Gasteiger partial charge on any atom is 0.222 e. The fourth-order valence-electron chi connectivity index (χ4n) is 2.10. The molecule has 1 amide bonds. The third-order valence-corrected chi connectivity index (χ3v) is 3.06. The number of hydrogen-bond acceptors (Lipinski definition) is 3. The van der Waals surface area contributed by atoms with Gasteiger partial charge >= 0.3 is 0 Å². The van der Waals surface area contributed by atoms with Crippen LogP contribution in [0.1, 0.15) is 38.5 Å². The first-order valence-electron chi connectivity index (χ1n) is 6.34. The van der Waals surface area contributed by atoms with E-state index in [-0.39, 0.29) is 12.3 Å².